The monoisotopic (exact) mass is 292 g/mol. The highest BCUT2D eigenvalue weighted by molar-refractivity contribution is 7.87. The first-order valence-corrected chi connectivity index (χ1v) is 8.35. The van der Waals surface area contributed by atoms with Gasteiger partial charge >= 0.3 is 0 Å². The first-order chi connectivity index (χ1) is 9.03. The summed E-state index contributed by atoms with van der Waals surface area (Å²) in [6, 6.07) is -0.192. The third-order valence-electron chi connectivity index (χ3n) is 3.99. The summed E-state index contributed by atoms with van der Waals surface area (Å²) in [5.74, 6) is 0.612. The van der Waals surface area contributed by atoms with Gasteiger partial charge in [-0.3, -0.25) is 0 Å². The molecule has 0 aromatic rings. The minimum Gasteiger partial charge on any atom is -0.379 e. The number of piperidine rings is 1. The molecule has 112 valence electrons. The van der Waals surface area contributed by atoms with Gasteiger partial charge in [-0.2, -0.15) is 17.4 Å². The molecule has 0 aliphatic carbocycles. The van der Waals surface area contributed by atoms with Crippen molar-refractivity contribution in [3.05, 3.63) is 0 Å². The topological polar surface area (TPSA) is 67.9 Å². The van der Waals surface area contributed by atoms with Gasteiger partial charge in [-0.15, -0.1) is 0 Å². The highest BCUT2D eigenvalue weighted by Crippen LogP contribution is 2.19. The molecule has 0 spiro atoms. The van der Waals surface area contributed by atoms with Crippen molar-refractivity contribution >= 4 is 10.2 Å². The van der Waals surface area contributed by atoms with E-state index in [2.05, 4.69) is 11.6 Å². The van der Waals surface area contributed by atoms with Crippen LogP contribution < -0.4 is 4.72 Å². The van der Waals surface area contributed by atoms with E-state index in [1.807, 2.05) is 0 Å². The predicted octanol–water partition coefficient (Wildman–Crippen LogP) is 0.357. The molecule has 0 aromatic carbocycles. The molecule has 0 saturated carbocycles. The lowest BCUT2D eigenvalue weighted by Gasteiger charge is -2.34. The lowest BCUT2D eigenvalue weighted by molar-refractivity contribution is -0.0451. The van der Waals surface area contributed by atoms with Crippen LogP contribution >= 0.6 is 0 Å². The number of nitrogens with zero attached hydrogens (tertiary/aromatic N) is 1. The van der Waals surface area contributed by atoms with Crippen LogP contribution in [0.5, 0.6) is 0 Å². The van der Waals surface area contributed by atoms with Crippen molar-refractivity contribution in [1.29, 1.82) is 0 Å². The van der Waals surface area contributed by atoms with E-state index in [1.165, 1.54) is 0 Å². The van der Waals surface area contributed by atoms with Crippen LogP contribution in [0.4, 0.5) is 0 Å². The van der Waals surface area contributed by atoms with Crippen molar-refractivity contribution < 1.29 is 17.9 Å². The third-order valence-corrected chi connectivity index (χ3v) is 5.64. The summed E-state index contributed by atoms with van der Waals surface area (Å²) >= 11 is 0. The molecule has 2 aliphatic heterocycles. The summed E-state index contributed by atoms with van der Waals surface area (Å²) in [5, 5.41) is 0. The molecular formula is C12H24N2O4S. The van der Waals surface area contributed by atoms with Gasteiger partial charge in [-0.25, -0.2) is 0 Å². The van der Waals surface area contributed by atoms with Crippen LogP contribution in [0.2, 0.25) is 0 Å². The van der Waals surface area contributed by atoms with E-state index in [4.69, 9.17) is 9.47 Å². The SMILES string of the molecule is CO[C@H]1COCC[C@@H]1NS(=O)(=O)N1CCC(C)CC1. The zero-order valence-electron chi connectivity index (χ0n) is 11.7. The van der Waals surface area contributed by atoms with Crippen LogP contribution in [0.3, 0.4) is 0 Å². The first kappa shape index (κ1) is 15.2. The fourth-order valence-electron chi connectivity index (χ4n) is 2.57. The van der Waals surface area contributed by atoms with E-state index in [-0.39, 0.29) is 12.1 Å². The zero-order valence-corrected chi connectivity index (χ0v) is 12.5. The number of rotatable bonds is 4. The van der Waals surface area contributed by atoms with E-state index < -0.39 is 10.2 Å². The highest BCUT2D eigenvalue weighted by atomic mass is 32.2. The molecule has 2 atom stereocenters. The van der Waals surface area contributed by atoms with Gasteiger partial charge in [0.1, 0.15) is 0 Å². The Morgan fingerprint density at radius 1 is 1.26 bits per heavy atom. The standard InChI is InChI=1S/C12H24N2O4S/c1-10-3-6-14(7-4-10)19(15,16)13-11-5-8-18-9-12(11)17-2/h10-13H,3-9H2,1-2H3/t11-,12-/m0/s1. The molecule has 2 fully saturated rings. The molecule has 2 saturated heterocycles. The van der Waals surface area contributed by atoms with Crippen molar-refractivity contribution in [2.24, 2.45) is 5.92 Å². The summed E-state index contributed by atoms with van der Waals surface area (Å²) in [6.07, 6.45) is 2.32. The maximum atomic E-state index is 12.3. The largest absolute Gasteiger partial charge is 0.379 e. The highest BCUT2D eigenvalue weighted by Gasteiger charge is 2.33. The lowest BCUT2D eigenvalue weighted by atomic mass is 10.0. The fraction of sp³-hybridized carbons (Fsp3) is 1.00. The average molecular weight is 292 g/mol. The van der Waals surface area contributed by atoms with E-state index >= 15 is 0 Å². The molecule has 0 amide bonds. The minimum absolute atomic E-state index is 0.192. The summed E-state index contributed by atoms with van der Waals surface area (Å²) < 4.78 is 39.6. The summed E-state index contributed by atoms with van der Waals surface area (Å²) in [7, 11) is -1.82. The molecule has 0 bridgehead atoms. The summed E-state index contributed by atoms with van der Waals surface area (Å²) in [5.41, 5.74) is 0. The summed E-state index contributed by atoms with van der Waals surface area (Å²) in [6.45, 7) is 4.40. The van der Waals surface area contributed by atoms with Gasteiger partial charge in [-0.1, -0.05) is 6.92 Å². The fourth-order valence-corrected chi connectivity index (χ4v) is 4.06. The Morgan fingerprint density at radius 2 is 1.95 bits per heavy atom. The molecular weight excluding hydrogens is 268 g/mol. The molecule has 1 N–H and O–H groups in total. The van der Waals surface area contributed by atoms with Gasteiger partial charge in [0, 0.05) is 26.8 Å². The quantitative estimate of drug-likeness (QED) is 0.812. The Morgan fingerprint density at radius 3 is 2.58 bits per heavy atom. The van der Waals surface area contributed by atoms with Gasteiger partial charge in [-0.05, 0) is 25.2 Å². The van der Waals surface area contributed by atoms with E-state index in [9.17, 15) is 8.42 Å². The normalized spacial score (nSPS) is 31.5. The van der Waals surface area contributed by atoms with Gasteiger partial charge in [0.05, 0.1) is 18.8 Å². The van der Waals surface area contributed by atoms with Crippen LogP contribution in [0.1, 0.15) is 26.2 Å². The Hall–Kier alpha value is -0.210. The average Bonchev–Trinajstić information content (AvgIpc) is 2.39. The van der Waals surface area contributed by atoms with Crippen LogP contribution in [0.15, 0.2) is 0 Å². The van der Waals surface area contributed by atoms with Gasteiger partial charge in [0.2, 0.25) is 0 Å². The maximum Gasteiger partial charge on any atom is 0.279 e. The van der Waals surface area contributed by atoms with E-state index in [0.29, 0.717) is 38.6 Å². The molecule has 2 rings (SSSR count). The van der Waals surface area contributed by atoms with Crippen molar-refractivity contribution in [3.8, 4) is 0 Å². The van der Waals surface area contributed by atoms with Gasteiger partial charge in [0.15, 0.2) is 0 Å². The van der Waals surface area contributed by atoms with Gasteiger partial charge in [0.25, 0.3) is 10.2 Å². The van der Waals surface area contributed by atoms with E-state index in [0.717, 1.165) is 12.8 Å². The third kappa shape index (κ3) is 3.88. The van der Waals surface area contributed by atoms with Crippen molar-refractivity contribution in [3.63, 3.8) is 0 Å². The second-order valence-electron chi connectivity index (χ2n) is 5.45. The predicted molar refractivity (Wildman–Crippen MR) is 72.0 cm³/mol. The second kappa shape index (κ2) is 6.49. The second-order valence-corrected chi connectivity index (χ2v) is 7.15. The Balaban J connectivity index is 1.96. The molecule has 0 aromatic heterocycles. The smallest absolute Gasteiger partial charge is 0.279 e. The number of hydrogen-bond acceptors (Lipinski definition) is 4. The Labute approximate surface area is 115 Å². The Bertz CT molecular complexity index is 379. The van der Waals surface area contributed by atoms with Crippen LogP contribution in [0.25, 0.3) is 0 Å². The first-order valence-electron chi connectivity index (χ1n) is 6.91. The molecule has 2 heterocycles. The van der Waals surface area contributed by atoms with Gasteiger partial charge < -0.3 is 9.47 Å². The summed E-state index contributed by atoms with van der Waals surface area (Å²) in [4.78, 5) is 0. The molecule has 19 heavy (non-hydrogen) atoms. The van der Waals surface area contributed by atoms with Crippen LogP contribution in [-0.2, 0) is 19.7 Å². The maximum absolute atomic E-state index is 12.3. The van der Waals surface area contributed by atoms with E-state index in [1.54, 1.807) is 11.4 Å². The molecule has 0 radical (unpaired) electrons. The molecule has 0 unspecified atom stereocenters. The zero-order chi connectivity index (χ0) is 13.9. The van der Waals surface area contributed by atoms with Crippen molar-refractivity contribution in [2.45, 2.75) is 38.3 Å². The van der Waals surface area contributed by atoms with Crippen molar-refractivity contribution in [1.82, 2.24) is 9.03 Å². The van der Waals surface area contributed by atoms with Crippen molar-refractivity contribution in [2.75, 3.05) is 33.4 Å². The number of hydrogen-bond donors (Lipinski definition) is 1. The number of methoxy groups -OCH3 is 1. The van der Waals surface area contributed by atoms with Crippen LogP contribution in [-0.4, -0.2) is 58.3 Å². The number of ether oxygens (including phenoxy) is 2. The minimum atomic E-state index is -3.40. The Kier molecular flexibility index (Phi) is 5.19. The molecule has 7 heteroatoms. The molecule has 2 aliphatic rings. The van der Waals surface area contributed by atoms with Crippen LogP contribution in [0, 0.1) is 5.92 Å². The molecule has 6 nitrogen and oxygen atoms in total. The lowest BCUT2D eigenvalue weighted by Crippen LogP contribution is -2.54. The number of nitrogens with one attached hydrogen (secondary N) is 1.